The van der Waals surface area contributed by atoms with Crippen LogP contribution in [0.1, 0.15) is 46.0 Å². The standard InChI is InChI=1S/C14H27N5O/c1-7-20-8-9(2)16-11-10(3)12(19-15)18-13(17-11)14(4,5)6/h9H,7-8,15H2,1-6H3,(H2,16,17,18,19). The molecular weight excluding hydrogens is 254 g/mol. The molecule has 6 heteroatoms. The van der Waals surface area contributed by atoms with Crippen LogP contribution in [0.3, 0.4) is 0 Å². The molecular formula is C14H27N5O. The van der Waals surface area contributed by atoms with Crippen LogP contribution in [0, 0.1) is 6.92 Å². The quantitative estimate of drug-likeness (QED) is 0.547. The predicted octanol–water partition coefficient (Wildman–Crippen LogP) is 2.21. The Morgan fingerprint density at radius 1 is 1.25 bits per heavy atom. The zero-order valence-electron chi connectivity index (χ0n) is 13.4. The van der Waals surface area contributed by atoms with E-state index in [0.717, 1.165) is 17.2 Å². The number of nitrogens with zero attached hydrogens (tertiary/aromatic N) is 2. The fourth-order valence-electron chi connectivity index (χ4n) is 1.70. The van der Waals surface area contributed by atoms with Crippen LogP contribution in [0.5, 0.6) is 0 Å². The maximum Gasteiger partial charge on any atom is 0.148 e. The van der Waals surface area contributed by atoms with Gasteiger partial charge in [-0.05, 0) is 20.8 Å². The number of nitrogens with two attached hydrogens (primary N) is 1. The van der Waals surface area contributed by atoms with E-state index in [-0.39, 0.29) is 11.5 Å². The minimum Gasteiger partial charge on any atom is -0.380 e. The topological polar surface area (TPSA) is 85.1 Å². The predicted molar refractivity (Wildman–Crippen MR) is 82.9 cm³/mol. The molecule has 20 heavy (non-hydrogen) atoms. The molecule has 0 aliphatic rings. The Labute approximate surface area is 121 Å². The Morgan fingerprint density at radius 3 is 2.35 bits per heavy atom. The number of nitrogens with one attached hydrogen (secondary N) is 2. The molecule has 6 nitrogen and oxygen atoms in total. The molecule has 1 unspecified atom stereocenters. The third-order valence-electron chi connectivity index (χ3n) is 2.91. The number of nitrogen functional groups attached to an aromatic ring is 1. The lowest BCUT2D eigenvalue weighted by Gasteiger charge is -2.22. The van der Waals surface area contributed by atoms with Crippen LogP contribution in [0.25, 0.3) is 0 Å². The van der Waals surface area contributed by atoms with Gasteiger partial charge in [0.2, 0.25) is 0 Å². The molecule has 1 atom stereocenters. The first-order valence-corrected chi connectivity index (χ1v) is 6.99. The minimum atomic E-state index is -0.140. The molecule has 0 saturated carbocycles. The van der Waals surface area contributed by atoms with E-state index in [0.29, 0.717) is 19.0 Å². The summed E-state index contributed by atoms with van der Waals surface area (Å²) in [5.74, 6) is 7.75. The molecule has 0 aliphatic heterocycles. The van der Waals surface area contributed by atoms with Crippen molar-refractivity contribution in [2.24, 2.45) is 5.84 Å². The lowest BCUT2D eigenvalue weighted by atomic mass is 9.95. The van der Waals surface area contributed by atoms with Gasteiger partial charge in [-0.1, -0.05) is 20.8 Å². The number of hydrogen-bond donors (Lipinski definition) is 3. The fraction of sp³-hybridized carbons (Fsp3) is 0.714. The smallest absolute Gasteiger partial charge is 0.148 e. The minimum absolute atomic E-state index is 0.140. The average Bonchev–Trinajstić information content (AvgIpc) is 2.37. The van der Waals surface area contributed by atoms with Gasteiger partial charge in [0.05, 0.1) is 6.61 Å². The Balaban J connectivity index is 3.05. The van der Waals surface area contributed by atoms with Crippen molar-refractivity contribution in [3.63, 3.8) is 0 Å². The maximum absolute atomic E-state index is 5.55. The molecule has 1 aromatic rings. The number of rotatable bonds is 6. The summed E-state index contributed by atoms with van der Waals surface area (Å²) in [6.07, 6.45) is 0. The first-order chi connectivity index (χ1) is 9.29. The third-order valence-corrected chi connectivity index (χ3v) is 2.91. The first kappa shape index (κ1) is 16.7. The number of hydrogen-bond acceptors (Lipinski definition) is 6. The zero-order chi connectivity index (χ0) is 15.3. The van der Waals surface area contributed by atoms with Gasteiger partial charge in [0.15, 0.2) is 0 Å². The second-order valence-electron chi connectivity index (χ2n) is 5.97. The summed E-state index contributed by atoms with van der Waals surface area (Å²) in [5, 5.41) is 3.36. The Morgan fingerprint density at radius 2 is 1.85 bits per heavy atom. The highest BCUT2D eigenvalue weighted by Crippen LogP contribution is 2.26. The normalized spacial score (nSPS) is 13.2. The highest BCUT2D eigenvalue weighted by Gasteiger charge is 2.21. The Kier molecular flexibility index (Phi) is 5.71. The SMILES string of the molecule is CCOCC(C)Nc1nc(C(C)(C)C)nc(NN)c1C. The molecule has 0 saturated heterocycles. The van der Waals surface area contributed by atoms with E-state index in [4.69, 9.17) is 10.6 Å². The van der Waals surface area contributed by atoms with Gasteiger partial charge >= 0.3 is 0 Å². The van der Waals surface area contributed by atoms with E-state index in [1.807, 2.05) is 13.8 Å². The van der Waals surface area contributed by atoms with Gasteiger partial charge in [-0.3, -0.25) is 0 Å². The van der Waals surface area contributed by atoms with Crippen molar-refractivity contribution in [2.45, 2.75) is 53.0 Å². The molecule has 0 spiro atoms. The Bertz CT molecular complexity index is 442. The van der Waals surface area contributed by atoms with E-state index >= 15 is 0 Å². The molecule has 0 bridgehead atoms. The van der Waals surface area contributed by atoms with Crippen molar-refractivity contribution in [3.05, 3.63) is 11.4 Å². The van der Waals surface area contributed by atoms with E-state index in [1.54, 1.807) is 0 Å². The van der Waals surface area contributed by atoms with Crippen molar-refractivity contribution >= 4 is 11.6 Å². The summed E-state index contributed by atoms with van der Waals surface area (Å²) in [5.41, 5.74) is 3.41. The summed E-state index contributed by atoms with van der Waals surface area (Å²) >= 11 is 0. The van der Waals surface area contributed by atoms with Crippen LogP contribution in [-0.2, 0) is 10.2 Å². The van der Waals surface area contributed by atoms with Crippen molar-refractivity contribution in [1.82, 2.24) is 9.97 Å². The molecule has 0 fully saturated rings. The van der Waals surface area contributed by atoms with Gasteiger partial charge in [-0.15, -0.1) is 0 Å². The molecule has 0 aromatic carbocycles. The molecule has 0 amide bonds. The number of hydrazine groups is 1. The summed E-state index contributed by atoms with van der Waals surface area (Å²) in [7, 11) is 0. The van der Waals surface area contributed by atoms with E-state index in [1.165, 1.54) is 0 Å². The number of anilines is 2. The van der Waals surface area contributed by atoms with E-state index in [9.17, 15) is 0 Å². The summed E-state index contributed by atoms with van der Waals surface area (Å²) in [6, 6.07) is 0.169. The summed E-state index contributed by atoms with van der Waals surface area (Å²) in [6.45, 7) is 13.5. The maximum atomic E-state index is 5.55. The van der Waals surface area contributed by atoms with E-state index < -0.39 is 0 Å². The van der Waals surface area contributed by atoms with Crippen molar-refractivity contribution in [2.75, 3.05) is 24.0 Å². The molecule has 4 N–H and O–H groups in total. The third kappa shape index (κ3) is 4.31. The van der Waals surface area contributed by atoms with Crippen molar-refractivity contribution in [3.8, 4) is 0 Å². The monoisotopic (exact) mass is 281 g/mol. The van der Waals surface area contributed by atoms with Gasteiger partial charge in [-0.2, -0.15) is 0 Å². The number of ether oxygens (including phenoxy) is 1. The molecule has 1 rings (SSSR count). The molecule has 1 aromatic heterocycles. The zero-order valence-corrected chi connectivity index (χ0v) is 13.4. The van der Waals surface area contributed by atoms with Gasteiger partial charge in [0, 0.05) is 23.6 Å². The van der Waals surface area contributed by atoms with Crippen LogP contribution in [-0.4, -0.2) is 29.2 Å². The average molecular weight is 281 g/mol. The van der Waals surface area contributed by atoms with Gasteiger partial charge in [0.25, 0.3) is 0 Å². The molecule has 0 radical (unpaired) electrons. The lowest BCUT2D eigenvalue weighted by Crippen LogP contribution is -2.26. The highest BCUT2D eigenvalue weighted by molar-refractivity contribution is 5.57. The van der Waals surface area contributed by atoms with Crippen LogP contribution in [0.4, 0.5) is 11.6 Å². The van der Waals surface area contributed by atoms with Crippen LogP contribution in [0.15, 0.2) is 0 Å². The van der Waals surface area contributed by atoms with Crippen molar-refractivity contribution in [1.29, 1.82) is 0 Å². The lowest BCUT2D eigenvalue weighted by molar-refractivity contribution is 0.141. The fourth-order valence-corrected chi connectivity index (χ4v) is 1.70. The Hall–Kier alpha value is -1.40. The summed E-state index contributed by atoms with van der Waals surface area (Å²) in [4.78, 5) is 9.10. The summed E-state index contributed by atoms with van der Waals surface area (Å²) < 4.78 is 5.42. The van der Waals surface area contributed by atoms with E-state index in [2.05, 4.69) is 48.4 Å². The molecule has 0 aliphatic carbocycles. The second kappa shape index (κ2) is 6.85. The van der Waals surface area contributed by atoms with Crippen LogP contribution >= 0.6 is 0 Å². The van der Waals surface area contributed by atoms with Crippen LogP contribution in [0.2, 0.25) is 0 Å². The first-order valence-electron chi connectivity index (χ1n) is 6.99. The molecule has 1 heterocycles. The van der Waals surface area contributed by atoms with Gasteiger partial charge in [-0.25, -0.2) is 15.8 Å². The van der Waals surface area contributed by atoms with Gasteiger partial charge < -0.3 is 15.5 Å². The van der Waals surface area contributed by atoms with Crippen LogP contribution < -0.4 is 16.6 Å². The highest BCUT2D eigenvalue weighted by atomic mass is 16.5. The largest absolute Gasteiger partial charge is 0.380 e. The second-order valence-corrected chi connectivity index (χ2v) is 5.97. The van der Waals surface area contributed by atoms with Gasteiger partial charge in [0.1, 0.15) is 17.5 Å². The molecule has 114 valence electrons. The van der Waals surface area contributed by atoms with Crippen molar-refractivity contribution < 1.29 is 4.74 Å². The number of aromatic nitrogens is 2.